The third kappa shape index (κ3) is 5.22. The number of aliphatic imine (C=N–C) groups is 1. The maximum absolute atomic E-state index is 13.1. The molecule has 0 amide bonds. The van der Waals surface area contributed by atoms with Gasteiger partial charge < -0.3 is 14.5 Å². The van der Waals surface area contributed by atoms with E-state index in [1.165, 1.54) is 18.2 Å². The van der Waals surface area contributed by atoms with Crippen molar-refractivity contribution >= 4 is 5.97 Å². The predicted molar refractivity (Wildman–Crippen MR) is 113 cm³/mol. The maximum atomic E-state index is 13.1. The molecule has 0 bridgehead atoms. The van der Waals surface area contributed by atoms with Crippen molar-refractivity contribution in [2.24, 2.45) is 4.99 Å². The van der Waals surface area contributed by atoms with Gasteiger partial charge in [-0.05, 0) is 36.8 Å². The summed E-state index contributed by atoms with van der Waals surface area (Å²) in [6.45, 7) is 0.567. The van der Waals surface area contributed by atoms with Crippen molar-refractivity contribution in [2.45, 2.75) is 30.5 Å². The van der Waals surface area contributed by atoms with E-state index in [4.69, 9.17) is 9.47 Å². The SMILES string of the molecule is COCC1(c2cnc(C3C=CC(F)=NC3)[nH]2)C=CC(OCc2cccc(C(F)(F)F)n2)=CC1. The van der Waals surface area contributed by atoms with E-state index >= 15 is 0 Å². The van der Waals surface area contributed by atoms with Crippen LogP contribution in [-0.2, 0) is 27.7 Å². The van der Waals surface area contributed by atoms with Crippen molar-refractivity contribution in [1.29, 1.82) is 0 Å². The van der Waals surface area contributed by atoms with Gasteiger partial charge in [-0.25, -0.2) is 9.97 Å². The quantitative estimate of drug-likeness (QED) is 0.601. The smallest absolute Gasteiger partial charge is 0.433 e. The number of hydrogen-bond donors (Lipinski definition) is 1. The molecule has 1 aliphatic heterocycles. The number of rotatable bonds is 7. The minimum Gasteiger partial charge on any atom is -0.488 e. The van der Waals surface area contributed by atoms with Crippen molar-refractivity contribution in [3.8, 4) is 0 Å². The minimum absolute atomic E-state index is 0.0866. The van der Waals surface area contributed by atoms with Crippen molar-refractivity contribution in [2.75, 3.05) is 20.3 Å². The normalized spacial score (nSPS) is 22.8. The standard InChI is InChI=1S/C23H22F4N4O2/c1-32-14-22(19-12-29-21(31-19)15-5-6-20(24)28-11-15)9-7-17(8-10-22)33-13-16-3-2-4-18(30-16)23(25,26)27/h2-9,12,15H,10-11,13-14H2,1H3,(H,29,31). The van der Waals surface area contributed by atoms with Crippen molar-refractivity contribution in [1.82, 2.24) is 15.0 Å². The van der Waals surface area contributed by atoms with Gasteiger partial charge >= 0.3 is 6.18 Å². The Bertz CT molecular complexity index is 1120. The predicted octanol–water partition coefficient (Wildman–Crippen LogP) is 4.79. The second kappa shape index (κ2) is 9.30. The number of imidazole rings is 1. The zero-order chi connectivity index (χ0) is 23.5. The van der Waals surface area contributed by atoms with E-state index in [-0.39, 0.29) is 24.8 Å². The van der Waals surface area contributed by atoms with Gasteiger partial charge in [0.1, 0.15) is 23.9 Å². The van der Waals surface area contributed by atoms with Crippen LogP contribution in [-0.4, -0.2) is 41.2 Å². The number of ether oxygens (including phenoxy) is 2. The van der Waals surface area contributed by atoms with Crippen LogP contribution in [0.1, 0.15) is 35.2 Å². The lowest BCUT2D eigenvalue weighted by molar-refractivity contribution is -0.141. The van der Waals surface area contributed by atoms with E-state index in [1.54, 1.807) is 25.5 Å². The number of dihydropyridines is 1. The van der Waals surface area contributed by atoms with Crippen molar-refractivity contribution in [3.05, 3.63) is 83.4 Å². The molecule has 33 heavy (non-hydrogen) atoms. The summed E-state index contributed by atoms with van der Waals surface area (Å²) >= 11 is 0. The van der Waals surface area contributed by atoms with E-state index in [0.717, 1.165) is 11.8 Å². The number of aromatic nitrogens is 3. The molecule has 0 saturated carbocycles. The second-order valence-electron chi connectivity index (χ2n) is 7.84. The number of aromatic amines is 1. The summed E-state index contributed by atoms with van der Waals surface area (Å²) in [5.74, 6) is 0.575. The average molecular weight is 462 g/mol. The first kappa shape index (κ1) is 22.9. The highest BCUT2D eigenvalue weighted by Gasteiger charge is 2.34. The zero-order valence-electron chi connectivity index (χ0n) is 17.8. The molecule has 6 nitrogen and oxygen atoms in total. The Morgan fingerprint density at radius 3 is 2.76 bits per heavy atom. The van der Waals surface area contributed by atoms with E-state index < -0.39 is 23.3 Å². The molecular formula is C23H22F4N4O2. The van der Waals surface area contributed by atoms with Crippen molar-refractivity contribution < 1.29 is 27.0 Å². The Hall–Kier alpha value is -3.27. The fourth-order valence-electron chi connectivity index (χ4n) is 3.74. The molecule has 0 fully saturated rings. The Morgan fingerprint density at radius 1 is 1.24 bits per heavy atom. The van der Waals surface area contributed by atoms with Crippen LogP contribution in [0.25, 0.3) is 0 Å². The highest BCUT2D eigenvalue weighted by atomic mass is 19.4. The molecule has 1 N–H and O–H groups in total. The fraction of sp³-hybridized carbons (Fsp3) is 0.348. The molecule has 0 aromatic carbocycles. The molecule has 2 aromatic heterocycles. The zero-order valence-corrected chi connectivity index (χ0v) is 17.8. The van der Waals surface area contributed by atoms with Gasteiger partial charge in [-0.2, -0.15) is 17.6 Å². The van der Waals surface area contributed by atoms with E-state index in [2.05, 4.69) is 19.9 Å². The summed E-state index contributed by atoms with van der Waals surface area (Å²) in [6.07, 6.45) is 6.34. The van der Waals surface area contributed by atoms with Gasteiger partial charge in [0, 0.05) is 19.0 Å². The number of hydrogen-bond acceptors (Lipinski definition) is 5. The largest absolute Gasteiger partial charge is 0.488 e. The first-order chi connectivity index (χ1) is 15.8. The topological polar surface area (TPSA) is 72.4 Å². The Balaban J connectivity index is 1.44. The third-order valence-corrected chi connectivity index (χ3v) is 5.51. The molecule has 1 aliphatic carbocycles. The Labute approximate surface area is 187 Å². The summed E-state index contributed by atoms with van der Waals surface area (Å²) < 4.78 is 62.8. The molecule has 0 radical (unpaired) electrons. The molecule has 3 heterocycles. The van der Waals surface area contributed by atoms with Crippen LogP contribution in [0, 0.1) is 0 Å². The molecule has 2 aromatic rings. The van der Waals surface area contributed by atoms with Crippen LogP contribution < -0.4 is 0 Å². The lowest BCUT2D eigenvalue weighted by Crippen LogP contribution is -2.31. The molecule has 10 heteroatoms. The minimum atomic E-state index is -4.50. The molecule has 0 spiro atoms. The van der Waals surface area contributed by atoms with Crippen LogP contribution in [0.5, 0.6) is 0 Å². The summed E-state index contributed by atoms with van der Waals surface area (Å²) in [5, 5.41) is 0. The molecule has 0 saturated heterocycles. The number of pyridine rings is 1. The van der Waals surface area contributed by atoms with Gasteiger partial charge in [0.15, 0.2) is 0 Å². The molecule has 174 valence electrons. The van der Waals surface area contributed by atoms with Crippen molar-refractivity contribution in [3.63, 3.8) is 0 Å². The number of halogens is 4. The van der Waals surface area contributed by atoms with E-state index in [1.807, 2.05) is 12.2 Å². The number of allylic oxidation sites excluding steroid dienone is 3. The summed E-state index contributed by atoms with van der Waals surface area (Å²) in [7, 11) is 1.60. The molecule has 2 unspecified atom stereocenters. The van der Waals surface area contributed by atoms with E-state index in [9.17, 15) is 17.6 Å². The van der Waals surface area contributed by atoms with Crippen LogP contribution in [0.15, 0.2) is 65.5 Å². The van der Waals surface area contributed by atoms with Gasteiger partial charge in [0.25, 0.3) is 0 Å². The summed E-state index contributed by atoms with van der Waals surface area (Å²) in [6, 6.07) is 3.71. The first-order valence-electron chi connectivity index (χ1n) is 10.3. The van der Waals surface area contributed by atoms with Crippen LogP contribution in [0.4, 0.5) is 17.6 Å². The monoisotopic (exact) mass is 462 g/mol. The number of nitrogens with zero attached hydrogens (tertiary/aromatic N) is 3. The second-order valence-corrected chi connectivity index (χ2v) is 7.84. The number of alkyl halides is 3. The van der Waals surface area contributed by atoms with Gasteiger partial charge in [-0.1, -0.05) is 18.2 Å². The van der Waals surface area contributed by atoms with Gasteiger partial charge in [0.2, 0.25) is 5.97 Å². The molecule has 2 aliphatic rings. The number of H-pyrrole nitrogens is 1. The number of methoxy groups -OCH3 is 1. The maximum Gasteiger partial charge on any atom is 0.433 e. The van der Waals surface area contributed by atoms with Gasteiger partial charge in [-0.15, -0.1) is 0 Å². The lowest BCUT2D eigenvalue weighted by Gasteiger charge is -2.30. The van der Waals surface area contributed by atoms with Crippen LogP contribution >= 0.6 is 0 Å². The number of nitrogens with one attached hydrogen (secondary N) is 1. The average Bonchev–Trinajstić information content (AvgIpc) is 3.30. The van der Waals surface area contributed by atoms with Crippen LogP contribution in [0.3, 0.4) is 0 Å². The third-order valence-electron chi connectivity index (χ3n) is 5.51. The van der Waals surface area contributed by atoms with Gasteiger partial charge in [0.05, 0.1) is 30.2 Å². The lowest BCUT2D eigenvalue weighted by atomic mass is 9.79. The van der Waals surface area contributed by atoms with Crippen LogP contribution in [0.2, 0.25) is 0 Å². The first-order valence-corrected chi connectivity index (χ1v) is 10.3. The molecular weight excluding hydrogens is 440 g/mol. The highest BCUT2D eigenvalue weighted by Crippen LogP contribution is 2.35. The summed E-state index contributed by atoms with van der Waals surface area (Å²) in [4.78, 5) is 15.2. The molecule has 4 rings (SSSR count). The highest BCUT2D eigenvalue weighted by molar-refractivity contribution is 5.87. The van der Waals surface area contributed by atoms with Gasteiger partial charge in [-0.3, -0.25) is 4.99 Å². The fourth-order valence-corrected chi connectivity index (χ4v) is 3.74. The van der Waals surface area contributed by atoms with E-state index in [0.29, 0.717) is 24.6 Å². The molecule has 2 atom stereocenters. The Kier molecular flexibility index (Phi) is 6.46. The summed E-state index contributed by atoms with van der Waals surface area (Å²) in [5.41, 5.74) is -0.458. The Morgan fingerprint density at radius 2 is 2.09 bits per heavy atom.